The molecule has 0 aliphatic rings. The highest BCUT2D eigenvalue weighted by Gasteiger charge is 2.21. The van der Waals surface area contributed by atoms with Crippen molar-refractivity contribution in [2.45, 2.75) is 46.0 Å². The van der Waals surface area contributed by atoms with Crippen molar-refractivity contribution in [1.29, 1.82) is 0 Å². The molecule has 0 aliphatic carbocycles. The van der Waals surface area contributed by atoms with Crippen LogP contribution < -0.4 is 0 Å². The van der Waals surface area contributed by atoms with Gasteiger partial charge in [-0.1, -0.05) is 46.8 Å². The molecule has 0 saturated heterocycles. The molecule has 16 heavy (non-hydrogen) atoms. The Kier molecular flexibility index (Phi) is 2.74. The zero-order valence-electron chi connectivity index (χ0n) is 10.5. The fourth-order valence-corrected chi connectivity index (χ4v) is 2.54. The zero-order valence-corrected chi connectivity index (χ0v) is 11.4. The molecule has 0 spiro atoms. The Morgan fingerprint density at radius 2 is 1.69 bits per heavy atom. The minimum Gasteiger partial charge on any atom is -0.173 e. The van der Waals surface area contributed by atoms with Crippen LogP contribution in [-0.2, 0) is 5.41 Å². The van der Waals surface area contributed by atoms with Crippen molar-refractivity contribution in [3.8, 4) is 0 Å². The molecular weight excluding hydrogens is 216 g/mol. The van der Waals surface area contributed by atoms with Gasteiger partial charge in [0, 0.05) is 0 Å². The average molecular weight is 234 g/mol. The molecule has 0 bridgehead atoms. The molecule has 86 valence electrons. The van der Waals surface area contributed by atoms with Gasteiger partial charge in [0.15, 0.2) is 0 Å². The summed E-state index contributed by atoms with van der Waals surface area (Å²) in [6, 6.07) is 4.41. The van der Waals surface area contributed by atoms with E-state index in [4.69, 9.17) is 0 Å². The molecule has 0 aliphatic heterocycles. The summed E-state index contributed by atoms with van der Waals surface area (Å²) in [4.78, 5) is 0. The molecular formula is C13H18N2S. The van der Waals surface area contributed by atoms with Gasteiger partial charge in [-0.2, -0.15) is 8.75 Å². The van der Waals surface area contributed by atoms with Crippen LogP contribution in [0.25, 0.3) is 11.0 Å². The fourth-order valence-electron chi connectivity index (χ4n) is 1.96. The Balaban J connectivity index is 2.74. The first kappa shape index (κ1) is 11.5. The largest absolute Gasteiger partial charge is 0.173 e. The van der Waals surface area contributed by atoms with Gasteiger partial charge in [-0.15, -0.1) is 0 Å². The minimum atomic E-state index is 0.128. The Labute approximate surface area is 101 Å². The van der Waals surface area contributed by atoms with E-state index < -0.39 is 0 Å². The molecule has 1 heterocycles. The molecule has 0 atom stereocenters. The standard InChI is InChI=1S/C13H18N2S/c1-8(2)9-6-7-10(13(3,4)5)12-11(9)14-16-15-12/h6-8H,1-5H3. The zero-order chi connectivity index (χ0) is 11.9. The quantitative estimate of drug-likeness (QED) is 0.742. The Bertz CT molecular complexity index is 506. The first-order valence-electron chi connectivity index (χ1n) is 5.67. The number of aromatic nitrogens is 2. The second kappa shape index (κ2) is 3.81. The summed E-state index contributed by atoms with van der Waals surface area (Å²) in [5.74, 6) is 0.500. The maximum atomic E-state index is 4.46. The normalized spacial score (nSPS) is 12.6. The summed E-state index contributed by atoms with van der Waals surface area (Å²) < 4.78 is 8.90. The molecule has 0 saturated carbocycles. The van der Waals surface area contributed by atoms with Crippen LogP contribution in [0, 0.1) is 0 Å². The SMILES string of the molecule is CC(C)c1ccc(C(C)(C)C)c2nsnc12. The average Bonchev–Trinajstić information content (AvgIpc) is 2.61. The van der Waals surface area contributed by atoms with Crippen molar-refractivity contribution in [3.63, 3.8) is 0 Å². The van der Waals surface area contributed by atoms with Crippen LogP contribution >= 0.6 is 11.7 Å². The van der Waals surface area contributed by atoms with E-state index in [9.17, 15) is 0 Å². The second-order valence-corrected chi connectivity index (χ2v) is 6.10. The van der Waals surface area contributed by atoms with Gasteiger partial charge in [-0.05, 0) is 22.5 Å². The van der Waals surface area contributed by atoms with Crippen molar-refractivity contribution >= 4 is 22.8 Å². The Morgan fingerprint density at radius 3 is 2.25 bits per heavy atom. The number of hydrogen-bond donors (Lipinski definition) is 0. The highest BCUT2D eigenvalue weighted by molar-refractivity contribution is 7.00. The Hall–Kier alpha value is -0.960. The number of hydrogen-bond acceptors (Lipinski definition) is 3. The van der Waals surface area contributed by atoms with Crippen LogP contribution in [0.15, 0.2) is 12.1 Å². The molecule has 0 amide bonds. The third kappa shape index (κ3) is 1.84. The van der Waals surface area contributed by atoms with E-state index in [1.54, 1.807) is 0 Å². The highest BCUT2D eigenvalue weighted by atomic mass is 32.1. The molecule has 0 radical (unpaired) electrons. The van der Waals surface area contributed by atoms with Crippen LogP contribution in [0.1, 0.15) is 51.7 Å². The van der Waals surface area contributed by atoms with Crippen LogP contribution in [0.4, 0.5) is 0 Å². The van der Waals surface area contributed by atoms with E-state index in [1.807, 2.05) is 0 Å². The maximum absolute atomic E-state index is 4.46. The van der Waals surface area contributed by atoms with Gasteiger partial charge in [-0.25, -0.2) is 0 Å². The topological polar surface area (TPSA) is 25.8 Å². The molecule has 2 aromatic rings. The molecule has 0 N–H and O–H groups in total. The summed E-state index contributed by atoms with van der Waals surface area (Å²) >= 11 is 1.31. The van der Waals surface area contributed by atoms with Crippen LogP contribution in [0.5, 0.6) is 0 Å². The lowest BCUT2D eigenvalue weighted by atomic mass is 9.84. The predicted molar refractivity (Wildman–Crippen MR) is 70.2 cm³/mol. The van der Waals surface area contributed by atoms with Gasteiger partial charge in [0.2, 0.25) is 0 Å². The van der Waals surface area contributed by atoms with E-state index in [1.165, 1.54) is 22.9 Å². The van der Waals surface area contributed by atoms with Gasteiger partial charge in [-0.3, -0.25) is 0 Å². The molecule has 1 aromatic carbocycles. The van der Waals surface area contributed by atoms with Crippen molar-refractivity contribution in [2.75, 3.05) is 0 Å². The summed E-state index contributed by atoms with van der Waals surface area (Å²) in [5.41, 5.74) is 4.90. The van der Waals surface area contributed by atoms with Gasteiger partial charge in [0.05, 0.1) is 11.7 Å². The monoisotopic (exact) mass is 234 g/mol. The van der Waals surface area contributed by atoms with Crippen molar-refractivity contribution in [1.82, 2.24) is 8.75 Å². The summed E-state index contributed by atoms with van der Waals surface area (Å²) in [7, 11) is 0. The number of fused-ring (bicyclic) bond motifs is 1. The first-order valence-corrected chi connectivity index (χ1v) is 6.40. The van der Waals surface area contributed by atoms with Gasteiger partial charge in [0.25, 0.3) is 0 Å². The van der Waals surface area contributed by atoms with E-state index in [-0.39, 0.29) is 5.41 Å². The minimum absolute atomic E-state index is 0.128. The van der Waals surface area contributed by atoms with Crippen LogP contribution in [0.2, 0.25) is 0 Å². The van der Waals surface area contributed by atoms with Gasteiger partial charge < -0.3 is 0 Å². The predicted octanol–water partition coefficient (Wildman–Crippen LogP) is 4.11. The van der Waals surface area contributed by atoms with Gasteiger partial charge >= 0.3 is 0 Å². The van der Waals surface area contributed by atoms with E-state index >= 15 is 0 Å². The maximum Gasteiger partial charge on any atom is 0.108 e. The van der Waals surface area contributed by atoms with Crippen LogP contribution in [-0.4, -0.2) is 8.75 Å². The fraction of sp³-hybridized carbons (Fsp3) is 0.538. The lowest BCUT2D eigenvalue weighted by Gasteiger charge is -2.20. The second-order valence-electron chi connectivity index (χ2n) is 5.57. The summed E-state index contributed by atoms with van der Waals surface area (Å²) in [6.45, 7) is 11.1. The van der Waals surface area contributed by atoms with Crippen molar-refractivity contribution in [2.24, 2.45) is 0 Å². The van der Waals surface area contributed by atoms with Crippen LogP contribution in [0.3, 0.4) is 0 Å². The number of rotatable bonds is 1. The molecule has 2 rings (SSSR count). The van der Waals surface area contributed by atoms with E-state index in [2.05, 4.69) is 55.5 Å². The molecule has 0 unspecified atom stereocenters. The number of nitrogens with zero attached hydrogens (tertiary/aromatic N) is 2. The lowest BCUT2D eigenvalue weighted by molar-refractivity contribution is 0.594. The first-order chi connectivity index (χ1) is 7.41. The summed E-state index contributed by atoms with van der Waals surface area (Å²) in [5, 5.41) is 0. The number of benzene rings is 1. The highest BCUT2D eigenvalue weighted by Crippen LogP contribution is 2.32. The molecule has 3 heteroatoms. The third-order valence-corrected chi connectivity index (χ3v) is 3.41. The van der Waals surface area contributed by atoms with Crippen molar-refractivity contribution < 1.29 is 0 Å². The smallest absolute Gasteiger partial charge is 0.108 e. The summed E-state index contributed by atoms with van der Waals surface area (Å²) in [6.07, 6.45) is 0. The van der Waals surface area contributed by atoms with Crippen molar-refractivity contribution in [3.05, 3.63) is 23.3 Å². The lowest BCUT2D eigenvalue weighted by Crippen LogP contribution is -2.12. The Morgan fingerprint density at radius 1 is 1.06 bits per heavy atom. The molecule has 1 aromatic heterocycles. The molecule has 0 fully saturated rings. The van der Waals surface area contributed by atoms with E-state index in [0.29, 0.717) is 5.92 Å². The van der Waals surface area contributed by atoms with E-state index in [0.717, 1.165) is 11.0 Å². The molecule has 2 nitrogen and oxygen atoms in total. The third-order valence-electron chi connectivity index (χ3n) is 2.88. The van der Waals surface area contributed by atoms with Gasteiger partial charge in [0.1, 0.15) is 11.0 Å².